The van der Waals surface area contributed by atoms with Crippen LogP contribution < -0.4 is 10.1 Å². The number of thiophene rings is 1. The number of carbonyl (C=O) groups excluding carboxylic acids is 3. The van der Waals surface area contributed by atoms with Crippen molar-refractivity contribution in [2.75, 3.05) is 11.9 Å². The number of halogens is 2. The van der Waals surface area contributed by atoms with E-state index in [2.05, 4.69) is 26.3 Å². The van der Waals surface area contributed by atoms with Gasteiger partial charge in [0.2, 0.25) is 0 Å². The zero-order chi connectivity index (χ0) is 23.4. The summed E-state index contributed by atoms with van der Waals surface area (Å²) in [6.07, 6.45) is 1.58. The van der Waals surface area contributed by atoms with Gasteiger partial charge in [0.15, 0.2) is 18.2 Å². The number of carbonyl (C=O) groups is 3. The van der Waals surface area contributed by atoms with Crippen molar-refractivity contribution in [3.8, 4) is 5.75 Å². The standard InChI is InChI=1S/C21H19BrClN3O5S/c1-4-30-21(29)17-11(2)18(12(3)27)32-20(17)24-19(28)15-7-8-26(25-15)10-31-16-6-5-13(22)9-14(16)23/h5-9H,4,10H2,1-3H3,(H,24,28). The predicted octanol–water partition coefficient (Wildman–Crippen LogP) is 5.34. The third kappa shape index (κ3) is 5.37. The number of nitrogens with one attached hydrogen (secondary N) is 1. The number of hydrogen-bond donors (Lipinski definition) is 1. The Hall–Kier alpha value is -2.69. The minimum absolute atomic E-state index is 0.0370. The van der Waals surface area contributed by atoms with Gasteiger partial charge < -0.3 is 14.8 Å². The van der Waals surface area contributed by atoms with Gasteiger partial charge in [0.25, 0.3) is 5.91 Å². The highest BCUT2D eigenvalue weighted by Crippen LogP contribution is 2.34. The molecule has 0 saturated heterocycles. The van der Waals surface area contributed by atoms with Crippen LogP contribution in [0.4, 0.5) is 5.00 Å². The van der Waals surface area contributed by atoms with Crippen molar-refractivity contribution in [1.82, 2.24) is 9.78 Å². The summed E-state index contributed by atoms with van der Waals surface area (Å²) in [5.41, 5.74) is 0.755. The van der Waals surface area contributed by atoms with Gasteiger partial charge in [0.05, 0.1) is 22.1 Å². The Labute approximate surface area is 201 Å². The fourth-order valence-electron chi connectivity index (χ4n) is 2.84. The molecule has 0 spiro atoms. The van der Waals surface area contributed by atoms with E-state index in [-0.39, 0.29) is 35.4 Å². The molecular formula is C21H19BrClN3O5S. The van der Waals surface area contributed by atoms with Crippen LogP contribution in [0, 0.1) is 6.92 Å². The molecule has 8 nitrogen and oxygen atoms in total. The van der Waals surface area contributed by atoms with Gasteiger partial charge in [-0.2, -0.15) is 5.10 Å². The summed E-state index contributed by atoms with van der Waals surface area (Å²) in [6, 6.07) is 6.73. The predicted molar refractivity (Wildman–Crippen MR) is 125 cm³/mol. The third-order valence-electron chi connectivity index (χ3n) is 4.29. The highest BCUT2D eigenvalue weighted by atomic mass is 79.9. The number of amides is 1. The molecule has 0 aliphatic rings. The molecule has 2 heterocycles. The van der Waals surface area contributed by atoms with Crippen LogP contribution in [0.1, 0.15) is 49.9 Å². The number of rotatable bonds is 8. The summed E-state index contributed by atoms with van der Waals surface area (Å²) in [7, 11) is 0. The van der Waals surface area contributed by atoms with Crippen LogP contribution in [-0.4, -0.2) is 34.0 Å². The van der Waals surface area contributed by atoms with Crippen molar-refractivity contribution in [1.29, 1.82) is 0 Å². The molecule has 2 aromatic heterocycles. The zero-order valence-electron chi connectivity index (χ0n) is 17.4. The average molecular weight is 541 g/mol. The van der Waals surface area contributed by atoms with Crippen LogP contribution in [-0.2, 0) is 11.5 Å². The van der Waals surface area contributed by atoms with E-state index in [4.69, 9.17) is 21.1 Å². The van der Waals surface area contributed by atoms with E-state index in [9.17, 15) is 14.4 Å². The molecular weight excluding hydrogens is 522 g/mol. The van der Waals surface area contributed by atoms with Gasteiger partial charge in [-0.15, -0.1) is 11.3 Å². The lowest BCUT2D eigenvalue weighted by atomic mass is 10.1. The Morgan fingerprint density at radius 2 is 2.03 bits per heavy atom. The number of nitrogens with zero attached hydrogens (tertiary/aromatic N) is 2. The Morgan fingerprint density at radius 1 is 1.28 bits per heavy atom. The minimum Gasteiger partial charge on any atom is -0.470 e. The quantitative estimate of drug-likeness (QED) is 0.306. The van der Waals surface area contributed by atoms with Crippen molar-refractivity contribution in [2.45, 2.75) is 27.5 Å². The number of esters is 1. The SMILES string of the molecule is CCOC(=O)c1c(NC(=O)c2ccn(COc3ccc(Br)cc3Cl)n2)sc(C(C)=O)c1C. The second-order valence-electron chi connectivity index (χ2n) is 6.58. The van der Waals surface area contributed by atoms with Gasteiger partial charge in [0, 0.05) is 10.7 Å². The highest BCUT2D eigenvalue weighted by molar-refractivity contribution is 9.10. The number of aromatic nitrogens is 2. The molecule has 0 unspecified atom stereocenters. The molecule has 0 atom stereocenters. The molecule has 32 heavy (non-hydrogen) atoms. The van der Waals surface area contributed by atoms with Crippen molar-refractivity contribution in [3.05, 3.63) is 61.7 Å². The fourth-order valence-corrected chi connectivity index (χ4v) is 4.65. The molecule has 3 rings (SSSR count). The Bertz CT molecular complexity index is 1190. The average Bonchev–Trinajstić information content (AvgIpc) is 3.32. The smallest absolute Gasteiger partial charge is 0.341 e. The van der Waals surface area contributed by atoms with E-state index in [1.807, 2.05) is 0 Å². The summed E-state index contributed by atoms with van der Waals surface area (Å²) < 4.78 is 13.0. The largest absolute Gasteiger partial charge is 0.470 e. The molecule has 0 aliphatic carbocycles. The number of Topliss-reactive ketones (excluding diaryl/α,β-unsaturated/α-hetero) is 1. The summed E-state index contributed by atoms with van der Waals surface area (Å²) in [6.45, 7) is 4.94. The van der Waals surface area contributed by atoms with Gasteiger partial charge in [-0.3, -0.25) is 9.59 Å². The minimum atomic E-state index is -0.602. The summed E-state index contributed by atoms with van der Waals surface area (Å²) in [5, 5.41) is 7.54. The van der Waals surface area contributed by atoms with Crippen LogP contribution in [0.25, 0.3) is 0 Å². The second kappa shape index (κ2) is 10.3. The van der Waals surface area contributed by atoms with E-state index in [1.165, 1.54) is 17.7 Å². The number of ether oxygens (including phenoxy) is 2. The van der Waals surface area contributed by atoms with Crippen molar-refractivity contribution < 1.29 is 23.9 Å². The number of ketones is 1. The van der Waals surface area contributed by atoms with Crippen LogP contribution in [0.3, 0.4) is 0 Å². The third-order valence-corrected chi connectivity index (χ3v) is 6.39. The molecule has 1 aromatic carbocycles. The molecule has 0 aliphatic heterocycles. The number of benzene rings is 1. The fraction of sp³-hybridized carbons (Fsp3) is 0.238. The zero-order valence-corrected chi connectivity index (χ0v) is 20.6. The Morgan fingerprint density at radius 3 is 2.69 bits per heavy atom. The number of hydrogen-bond acceptors (Lipinski definition) is 7. The maximum absolute atomic E-state index is 12.7. The van der Waals surface area contributed by atoms with Crippen molar-refractivity contribution in [2.24, 2.45) is 0 Å². The molecule has 3 aromatic rings. The molecule has 0 fully saturated rings. The first-order valence-corrected chi connectivity index (χ1v) is 11.4. The van der Waals surface area contributed by atoms with E-state index >= 15 is 0 Å². The molecule has 0 saturated carbocycles. The number of anilines is 1. The molecule has 1 amide bonds. The molecule has 168 valence electrons. The lowest BCUT2D eigenvalue weighted by molar-refractivity contribution is 0.0527. The van der Waals surface area contributed by atoms with E-state index in [1.54, 1.807) is 38.2 Å². The van der Waals surface area contributed by atoms with Crippen molar-refractivity contribution >= 4 is 61.5 Å². The summed E-state index contributed by atoms with van der Waals surface area (Å²) >= 11 is 10.5. The van der Waals surface area contributed by atoms with Gasteiger partial charge in [-0.25, -0.2) is 9.48 Å². The van der Waals surface area contributed by atoms with Gasteiger partial charge >= 0.3 is 5.97 Å². The lowest BCUT2D eigenvalue weighted by Crippen LogP contribution is -2.16. The summed E-state index contributed by atoms with van der Waals surface area (Å²) in [4.78, 5) is 37.4. The summed E-state index contributed by atoms with van der Waals surface area (Å²) in [5.74, 6) is -0.866. The highest BCUT2D eigenvalue weighted by Gasteiger charge is 2.26. The van der Waals surface area contributed by atoms with Crippen LogP contribution in [0.15, 0.2) is 34.9 Å². The van der Waals surface area contributed by atoms with Gasteiger partial charge in [-0.05, 0) is 50.6 Å². The van der Waals surface area contributed by atoms with E-state index in [0.717, 1.165) is 15.8 Å². The first kappa shape index (κ1) is 24.0. The van der Waals surface area contributed by atoms with Crippen LogP contribution in [0.2, 0.25) is 5.02 Å². The van der Waals surface area contributed by atoms with Crippen molar-refractivity contribution in [3.63, 3.8) is 0 Å². The Balaban J connectivity index is 1.75. The van der Waals surface area contributed by atoms with Crippen LogP contribution in [0.5, 0.6) is 5.75 Å². The van der Waals surface area contributed by atoms with E-state index < -0.39 is 11.9 Å². The first-order valence-electron chi connectivity index (χ1n) is 9.45. The normalized spacial score (nSPS) is 10.7. The first-order chi connectivity index (χ1) is 15.2. The van der Waals surface area contributed by atoms with Gasteiger partial charge in [-0.1, -0.05) is 27.5 Å². The topological polar surface area (TPSA) is 99.5 Å². The van der Waals surface area contributed by atoms with Gasteiger partial charge in [0.1, 0.15) is 10.8 Å². The molecule has 11 heteroatoms. The molecule has 1 N–H and O–H groups in total. The maximum Gasteiger partial charge on any atom is 0.341 e. The molecule has 0 radical (unpaired) electrons. The lowest BCUT2D eigenvalue weighted by Gasteiger charge is -2.08. The second-order valence-corrected chi connectivity index (χ2v) is 8.92. The monoisotopic (exact) mass is 539 g/mol. The van der Waals surface area contributed by atoms with E-state index in [0.29, 0.717) is 21.2 Å². The van der Waals surface area contributed by atoms with Crippen LogP contribution >= 0.6 is 38.9 Å². The maximum atomic E-state index is 12.7. The molecule has 0 bridgehead atoms. The Kier molecular flexibility index (Phi) is 7.70.